The lowest BCUT2D eigenvalue weighted by molar-refractivity contribution is 0.196. The standard InChI is InChI=1S/C15H19N5OS2/c1-22-14-17-13(23-19-14)18-15(21)20-9-5-8-12(10-20)16-11-6-3-2-4-7-11/h2-4,6-7,12,16H,5,8-10H2,1H3,(H,17,18,19,21)/t12-/m1/s1. The highest BCUT2D eigenvalue weighted by Crippen LogP contribution is 2.20. The predicted molar refractivity (Wildman–Crippen MR) is 95.4 cm³/mol. The molecule has 122 valence electrons. The van der Waals surface area contributed by atoms with Crippen LogP contribution in [0.15, 0.2) is 35.5 Å². The summed E-state index contributed by atoms with van der Waals surface area (Å²) in [6, 6.07) is 10.3. The van der Waals surface area contributed by atoms with Crippen LogP contribution in [0, 0.1) is 0 Å². The second kappa shape index (κ2) is 7.65. The molecular formula is C15H19N5OS2. The second-order valence-electron chi connectivity index (χ2n) is 5.31. The van der Waals surface area contributed by atoms with Crippen molar-refractivity contribution in [2.24, 2.45) is 0 Å². The highest BCUT2D eigenvalue weighted by atomic mass is 32.2. The van der Waals surface area contributed by atoms with Crippen LogP contribution in [0.1, 0.15) is 12.8 Å². The lowest BCUT2D eigenvalue weighted by Gasteiger charge is -2.33. The van der Waals surface area contributed by atoms with E-state index in [1.165, 1.54) is 23.3 Å². The van der Waals surface area contributed by atoms with Gasteiger partial charge >= 0.3 is 6.03 Å². The van der Waals surface area contributed by atoms with E-state index >= 15 is 0 Å². The smallest absolute Gasteiger partial charge is 0.323 e. The summed E-state index contributed by atoms with van der Waals surface area (Å²) in [4.78, 5) is 18.5. The zero-order chi connectivity index (χ0) is 16.1. The van der Waals surface area contributed by atoms with Crippen LogP contribution < -0.4 is 10.6 Å². The number of nitrogens with zero attached hydrogens (tertiary/aromatic N) is 3. The van der Waals surface area contributed by atoms with Gasteiger partial charge in [0.25, 0.3) is 0 Å². The number of urea groups is 1. The normalized spacial score (nSPS) is 17.8. The molecule has 0 spiro atoms. The van der Waals surface area contributed by atoms with Gasteiger partial charge in [-0.3, -0.25) is 5.32 Å². The van der Waals surface area contributed by atoms with Gasteiger partial charge in [-0.25, -0.2) is 4.79 Å². The van der Waals surface area contributed by atoms with Gasteiger partial charge in [0.1, 0.15) is 0 Å². The lowest BCUT2D eigenvalue weighted by atomic mass is 10.1. The minimum absolute atomic E-state index is 0.103. The number of nitrogens with one attached hydrogen (secondary N) is 2. The lowest BCUT2D eigenvalue weighted by Crippen LogP contribution is -2.46. The molecule has 1 aromatic heterocycles. The van der Waals surface area contributed by atoms with Gasteiger partial charge < -0.3 is 10.2 Å². The molecule has 1 saturated heterocycles. The molecule has 1 aliphatic rings. The quantitative estimate of drug-likeness (QED) is 0.828. The number of carbonyl (C=O) groups excluding carboxylic acids is 1. The van der Waals surface area contributed by atoms with Crippen LogP contribution in [0.3, 0.4) is 0 Å². The first-order valence-corrected chi connectivity index (χ1v) is 9.49. The molecule has 1 fully saturated rings. The molecule has 0 radical (unpaired) electrons. The topological polar surface area (TPSA) is 70.2 Å². The zero-order valence-corrected chi connectivity index (χ0v) is 14.5. The third kappa shape index (κ3) is 4.35. The van der Waals surface area contributed by atoms with E-state index in [0.717, 1.165) is 25.1 Å². The number of anilines is 2. The van der Waals surface area contributed by atoms with Crippen LogP contribution in [-0.4, -0.2) is 45.7 Å². The molecule has 8 heteroatoms. The van der Waals surface area contributed by atoms with E-state index < -0.39 is 0 Å². The largest absolute Gasteiger partial charge is 0.381 e. The number of rotatable bonds is 4. The van der Waals surface area contributed by atoms with Crippen LogP contribution in [0.2, 0.25) is 0 Å². The van der Waals surface area contributed by atoms with Crippen molar-refractivity contribution < 1.29 is 4.79 Å². The maximum Gasteiger partial charge on any atom is 0.323 e. The first-order chi connectivity index (χ1) is 11.2. The summed E-state index contributed by atoms with van der Waals surface area (Å²) < 4.78 is 4.15. The van der Waals surface area contributed by atoms with Crippen LogP contribution in [0.4, 0.5) is 15.6 Å². The Balaban J connectivity index is 1.56. The maximum absolute atomic E-state index is 12.4. The van der Waals surface area contributed by atoms with E-state index in [9.17, 15) is 4.79 Å². The summed E-state index contributed by atoms with van der Waals surface area (Å²) in [6.45, 7) is 1.46. The number of para-hydroxylation sites is 1. The summed E-state index contributed by atoms with van der Waals surface area (Å²) >= 11 is 2.68. The average Bonchev–Trinajstić information content (AvgIpc) is 3.03. The van der Waals surface area contributed by atoms with Gasteiger partial charge in [-0.1, -0.05) is 30.0 Å². The first-order valence-electron chi connectivity index (χ1n) is 7.50. The molecule has 2 heterocycles. The number of likely N-dealkylation sites (tertiary alicyclic amines) is 1. The fourth-order valence-corrected chi connectivity index (χ4v) is 3.68. The van der Waals surface area contributed by atoms with Crippen LogP contribution in [0.5, 0.6) is 0 Å². The molecular weight excluding hydrogens is 330 g/mol. The number of aromatic nitrogens is 2. The molecule has 1 aromatic carbocycles. The Morgan fingerprint density at radius 1 is 1.39 bits per heavy atom. The van der Waals surface area contributed by atoms with Crippen molar-refractivity contribution in [2.75, 3.05) is 30.0 Å². The van der Waals surface area contributed by atoms with Crippen molar-refractivity contribution in [3.05, 3.63) is 30.3 Å². The number of amides is 2. The SMILES string of the molecule is CSc1nsc(NC(=O)N2CCC[C@@H](Nc3ccccc3)C2)n1. The second-order valence-corrected chi connectivity index (χ2v) is 6.84. The molecule has 0 saturated carbocycles. The van der Waals surface area contributed by atoms with Crippen molar-refractivity contribution in [3.63, 3.8) is 0 Å². The molecule has 3 rings (SSSR count). The zero-order valence-electron chi connectivity index (χ0n) is 12.9. The van der Waals surface area contributed by atoms with Crippen molar-refractivity contribution in [3.8, 4) is 0 Å². The molecule has 6 nitrogen and oxygen atoms in total. The van der Waals surface area contributed by atoms with Crippen molar-refractivity contribution in [1.29, 1.82) is 0 Å². The first kappa shape index (κ1) is 16.1. The molecule has 2 aromatic rings. The minimum Gasteiger partial charge on any atom is -0.381 e. The molecule has 0 bridgehead atoms. The van der Waals surface area contributed by atoms with Gasteiger partial charge in [0.15, 0.2) is 0 Å². The molecule has 0 aliphatic carbocycles. The summed E-state index contributed by atoms with van der Waals surface area (Å²) in [5.74, 6) is 0. The van der Waals surface area contributed by atoms with E-state index in [1.54, 1.807) is 0 Å². The Labute approximate surface area is 143 Å². The van der Waals surface area contributed by atoms with E-state index in [2.05, 4.69) is 20.0 Å². The minimum atomic E-state index is -0.103. The highest BCUT2D eigenvalue weighted by Gasteiger charge is 2.24. The highest BCUT2D eigenvalue weighted by molar-refractivity contribution is 7.98. The summed E-state index contributed by atoms with van der Waals surface area (Å²) in [7, 11) is 0. The van der Waals surface area contributed by atoms with Crippen LogP contribution in [-0.2, 0) is 0 Å². The number of hydrogen-bond donors (Lipinski definition) is 2. The van der Waals surface area contributed by atoms with Gasteiger partial charge in [-0.05, 0) is 31.2 Å². The molecule has 2 amide bonds. The summed E-state index contributed by atoms with van der Waals surface area (Å²) in [5.41, 5.74) is 1.09. The Bertz CT molecular complexity index is 648. The Morgan fingerprint density at radius 2 is 2.22 bits per heavy atom. The number of thioether (sulfide) groups is 1. The Kier molecular flexibility index (Phi) is 5.35. The molecule has 0 unspecified atom stereocenters. The van der Waals surface area contributed by atoms with E-state index in [0.29, 0.717) is 16.8 Å². The molecule has 23 heavy (non-hydrogen) atoms. The van der Waals surface area contributed by atoms with Crippen molar-refractivity contribution in [1.82, 2.24) is 14.3 Å². The molecule has 1 aliphatic heterocycles. The molecule has 1 atom stereocenters. The van der Waals surface area contributed by atoms with Crippen molar-refractivity contribution >= 4 is 40.1 Å². The van der Waals surface area contributed by atoms with Crippen LogP contribution in [0.25, 0.3) is 0 Å². The average molecular weight is 349 g/mol. The fourth-order valence-electron chi connectivity index (χ4n) is 2.56. The van der Waals surface area contributed by atoms with Gasteiger partial charge in [0.05, 0.1) is 0 Å². The van der Waals surface area contributed by atoms with E-state index in [-0.39, 0.29) is 12.1 Å². The van der Waals surface area contributed by atoms with Gasteiger partial charge in [-0.2, -0.15) is 9.36 Å². The predicted octanol–water partition coefficient (Wildman–Crippen LogP) is 3.37. The third-order valence-electron chi connectivity index (χ3n) is 3.66. The summed E-state index contributed by atoms with van der Waals surface area (Å²) in [6.07, 6.45) is 3.97. The van der Waals surface area contributed by atoms with Crippen molar-refractivity contribution in [2.45, 2.75) is 24.0 Å². The Hall–Kier alpha value is -1.80. The fraction of sp³-hybridized carbons (Fsp3) is 0.400. The summed E-state index contributed by atoms with van der Waals surface area (Å²) in [5, 5.41) is 7.57. The number of hydrogen-bond acceptors (Lipinski definition) is 6. The van der Waals surface area contributed by atoms with Gasteiger partial charge in [0.2, 0.25) is 10.3 Å². The van der Waals surface area contributed by atoms with Gasteiger partial charge in [0, 0.05) is 36.4 Å². The van der Waals surface area contributed by atoms with Crippen LogP contribution >= 0.6 is 23.3 Å². The van der Waals surface area contributed by atoms with Gasteiger partial charge in [-0.15, -0.1) is 0 Å². The van der Waals surface area contributed by atoms with E-state index in [4.69, 9.17) is 0 Å². The number of benzene rings is 1. The number of piperidine rings is 1. The number of carbonyl (C=O) groups is 1. The monoisotopic (exact) mass is 349 g/mol. The maximum atomic E-state index is 12.4. The third-order valence-corrected chi connectivity index (χ3v) is 4.95. The van der Waals surface area contributed by atoms with E-state index in [1.807, 2.05) is 41.5 Å². The Morgan fingerprint density at radius 3 is 2.96 bits per heavy atom. The molecule has 2 N–H and O–H groups in total.